The number of rotatable bonds is 3. The summed E-state index contributed by atoms with van der Waals surface area (Å²) in [4.78, 5) is 10.9. The number of hydrogen-bond acceptors (Lipinski definition) is 3. The van der Waals surface area contributed by atoms with Crippen molar-refractivity contribution in [2.24, 2.45) is 12.8 Å². The zero-order chi connectivity index (χ0) is 10.9. The maximum absolute atomic E-state index is 11.3. The summed E-state index contributed by atoms with van der Waals surface area (Å²) in [6.07, 6.45) is 1.33. The molecule has 0 saturated carbocycles. The first-order valence-corrected chi connectivity index (χ1v) is 5.26. The smallest absolute Gasteiger partial charge is 0.265 e. The molecule has 14 heavy (non-hydrogen) atoms. The molecule has 0 aromatic carbocycles. The summed E-state index contributed by atoms with van der Waals surface area (Å²) >= 11 is 0. The number of nitrogens with two attached hydrogens (primary N) is 1. The van der Waals surface area contributed by atoms with Gasteiger partial charge >= 0.3 is 0 Å². The third-order valence-corrected chi connectivity index (χ3v) is 3.19. The molecule has 78 valence electrons. The zero-order valence-electron chi connectivity index (χ0n) is 7.81. The minimum atomic E-state index is -3.51. The van der Waals surface area contributed by atoms with Gasteiger partial charge in [-0.2, -0.15) is 0 Å². The summed E-state index contributed by atoms with van der Waals surface area (Å²) in [6, 6.07) is 1.23. The SMILES string of the molecule is CNS(=O)(=O)c1cc(C(N)=O)n(C)c1. The molecule has 0 radical (unpaired) electrons. The first-order valence-electron chi connectivity index (χ1n) is 3.78. The lowest BCUT2D eigenvalue weighted by molar-refractivity contribution is 0.0992. The monoisotopic (exact) mass is 217 g/mol. The Hall–Kier alpha value is -1.34. The van der Waals surface area contributed by atoms with Crippen molar-refractivity contribution in [1.29, 1.82) is 0 Å². The minimum Gasteiger partial charge on any atom is -0.364 e. The molecule has 0 fully saturated rings. The fourth-order valence-electron chi connectivity index (χ4n) is 1.04. The lowest BCUT2D eigenvalue weighted by atomic mass is 10.4. The molecule has 1 heterocycles. The van der Waals surface area contributed by atoms with Crippen LogP contribution in [-0.4, -0.2) is 25.9 Å². The van der Waals surface area contributed by atoms with E-state index in [9.17, 15) is 13.2 Å². The number of primary amides is 1. The van der Waals surface area contributed by atoms with Gasteiger partial charge in [-0.3, -0.25) is 4.79 Å². The summed E-state index contributed by atoms with van der Waals surface area (Å²) in [5.74, 6) is -0.662. The van der Waals surface area contributed by atoms with E-state index in [1.807, 2.05) is 0 Å². The number of carbonyl (C=O) groups excluding carboxylic acids is 1. The van der Waals surface area contributed by atoms with Crippen LogP contribution in [0, 0.1) is 0 Å². The number of sulfonamides is 1. The number of carbonyl (C=O) groups is 1. The van der Waals surface area contributed by atoms with Gasteiger partial charge in [0, 0.05) is 13.2 Å². The fraction of sp³-hybridized carbons (Fsp3) is 0.286. The molecule has 0 unspecified atom stereocenters. The normalized spacial score (nSPS) is 11.6. The van der Waals surface area contributed by atoms with E-state index in [2.05, 4.69) is 4.72 Å². The van der Waals surface area contributed by atoms with E-state index >= 15 is 0 Å². The summed E-state index contributed by atoms with van der Waals surface area (Å²) in [5, 5.41) is 0. The Morgan fingerprint density at radius 1 is 1.57 bits per heavy atom. The molecule has 0 spiro atoms. The quantitative estimate of drug-likeness (QED) is 0.682. The molecule has 1 aromatic rings. The van der Waals surface area contributed by atoms with Crippen LogP contribution in [0.5, 0.6) is 0 Å². The van der Waals surface area contributed by atoms with E-state index in [1.54, 1.807) is 7.05 Å². The van der Waals surface area contributed by atoms with E-state index in [0.717, 1.165) is 0 Å². The molecule has 0 atom stereocenters. The predicted molar refractivity (Wildman–Crippen MR) is 50.2 cm³/mol. The first kappa shape index (κ1) is 10.7. The molecule has 6 nitrogen and oxygen atoms in total. The third kappa shape index (κ3) is 1.78. The number of nitrogens with one attached hydrogen (secondary N) is 1. The molecule has 0 saturated heterocycles. The summed E-state index contributed by atoms with van der Waals surface area (Å²) < 4.78 is 26.1. The molecular weight excluding hydrogens is 206 g/mol. The van der Waals surface area contributed by atoms with E-state index < -0.39 is 15.9 Å². The van der Waals surface area contributed by atoms with Crippen LogP contribution in [0.2, 0.25) is 0 Å². The van der Waals surface area contributed by atoms with Crippen molar-refractivity contribution in [1.82, 2.24) is 9.29 Å². The molecule has 0 bridgehead atoms. The second-order valence-electron chi connectivity index (χ2n) is 2.74. The van der Waals surface area contributed by atoms with Gasteiger partial charge in [0.05, 0.1) is 0 Å². The van der Waals surface area contributed by atoms with Gasteiger partial charge < -0.3 is 10.3 Å². The predicted octanol–water partition coefficient (Wildman–Crippen LogP) is -0.968. The summed E-state index contributed by atoms with van der Waals surface area (Å²) in [7, 11) is -0.664. The van der Waals surface area contributed by atoms with Gasteiger partial charge in [-0.1, -0.05) is 0 Å². The van der Waals surface area contributed by atoms with Crippen LogP contribution in [-0.2, 0) is 17.1 Å². The topological polar surface area (TPSA) is 94.2 Å². The van der Waals surface area contributed by atoms with Gasteiger partial charge in [0.25, 0.3) is 5.91 Å². The Kier molecular flexibility index (Phi) is 2.63. The molecule has 0 aliphatic heterocycles. The van der Waals surface area contributed by atoms with Crippen LogP contribution < -0.4 is 10.5 Å². The lowest BCUT2D eigenvalue weighted by Crippen LogP contribution is -2.18. The number of hydrogen-bond donors (Lipinski definition) is 2. The lowest BCUT2D eigenvalue weighted by Gasteiger charge is -1.96. The highest BCUT2D eigenvalue weighted by Gasteiger charge is 2.17. The Balaban J connectivity index is 3.29. The Morgan fingerprint density at radius 3 is 2.50 bits per heavy atom. The van der Waals surface area contributed by atoms with Crippen LogP contribution in [0.25, 0.3) is 0 Å². The highest BCUT2D eigenvalue weighted by atomic mass is 32.2. The second-order valence-corrected chi connectivity index (χ2v) is 4.63. The highest BCUT2D eigenvalue weighted by Crippen LogP contribution is 2.12. The van der Waals surface area contributed by atoms with E-state index in [4.69, 9.17) is 5.73 Å². The maximum atomic E-state index is 11.3. The summed E-state index contributed by atoms with van der Waals surface area (Å²) in [6.45, 7) is 0. The third-order valence-electron chi connectivity index (χ3n) is 1.81. The van der Waals surface area contributed by atoms with Gasteiger partial charge in [0.1, 0.15) is 10.6 Å². The van der Waals surface area contributed by atoms with E-state index in [1.165, 1.54) is 23.9 Å². The van der Waals surface area contributed by atoms with E-state index in [-0.39, 0.29) is 10.6 Å². The molecule has 1 amide bonds. The van der Waals surface area contributed by atoms with Crippen molar-refractivity contribution in [3.8, 4) is 0 Å². The van der Waals surface area contributed by atoms with Crippen molar-refractivity contribution in [2.75, 3.05) is 7.05 Å². The number of aromatic nitrogens is 1. The Morgan fingerprint density at radius 2 is 2.14 bits per heavy atom. The van der Waals surface area contributed by atoms with Crippen LogP contribution in [0.1, 0.15) is 10.5 Å². The highest BCUT2D eigenvalue weighted by molar-refractivity contribution is 7.89. The van der Waals surface area contributed by atoms with Crippen molar-refractivity contribution >= 4 is 15.9 Å². The van der Waals surface area contributed by atoms with Crippen LogP contribution in [0.4, 0.5) is 0 Å². The van der Waals surface area contributed by atoms with Crippen LogP contribution >= 0.6 is 0 Å². The van der Waals surface area contributed by atoms with Crippen molar-refractivity contribution in [2.45, 2.75) is 4.90 Å². The second kappa shape index (κ2) is 3.43. The maximum Gasteiger partial charge on any atom is 0.265 e. The largest absolute Gasteiger partial charge is 0.364 e. The summed E-state index contributed by atoms with van der Waals surface area (Å²) in [5.41, 5.74) is 5.19. The number of amides is 1. The Bertz CT molecular complexity index is 461. The molecular formula is C7H11N3O3S. The van der Waals surface area contributed by atoms with Gasteiger partial charge in [-0.25, -0.2) is 13.1 Å². The molecule has 0 aliphatic rings. The van der Waals surface area contributed by atoms with Gasteiger partial charge in [0.2, 0.25) is 10.0 Å². The van der Waals surface area contributed by atoms with Crippen LogP contribution in [0.15, 0.2) is 17.2 Å². The van der Waals surface area contributed by atoms with Gasteiger partial charge in [-0.15, -0.1) is 0 Å². The minimum absolute atomic E-state index is 0.0244. The molecule has 3 N–H and O–H groups in total. The molecule has 0 aliphatic carbocycles. The zero-order valence-corrected chi connectivity index (χ0v) is 8.63. The number of nitrogens with zero attached hydrogens (tertiary/aromatic N) is 1. The molecule has 1 rings (SSSR count). The Labute approximate surface area is 81.8 Å². The van der Waals surface area contributed by atoms with Crippen molar-refractivity contribution < 1.29 is 13.2 Å². The average Bonchev–Trinajstić information content (AvgIpc) is 2.48. The molecule has 1 aromatic heterocycles. The van der Waals surface area contributed by atoms with Crippen molar-refractivity contribution in [3.63, 3.8) is 0 Å². The van der Waals surface area contributed by atoms with Gasteiger partial charge in [0.15, 0.2) is 0 Å². The number of aryl methyl sites for hydroxylation is 1. The van der Waals surface area contributed by atoms with Crippen LogP contribution in [0.3, 0.4) is 0 Å². The average molecular weight is 217 g/mol. The van der Waals surface area contributed by atoms with E-state index in [0.29, 0.717) is 0 Å². The van der Waals surface area contributed by atoms with Gasteiger partial charge in [-0.05, 0) is 13.1 Å². The fourth-order valence-corrected chi connectivity index (χ4v) is 1.84. The van der Waals surface area contributed by atoms with Crippen molar-refractivity contribution in [3.05, 3.63) is 18.0 Å². The first-order chi connectivity index (χ1) is 6.38. The standard InChI is InChI=1S/C7H11N3O3S/c1-9-14(12,13)5-3-6(7(8)11)10(2)4-5/h3-4,9H,1-2H3,(H2,8,11). The molecule has 7 heteroatoms.